The van der Waals surface area contributed by atoms with Crippen molar-refractivity contribution >= 4 is 15.7 Å². The third-order valence-electron chi connectivity index (χ3n) is 3.73. The maximum atomic E-state index is 12.8. The van der Waals surface area contributed by atoms with Gasteiger partial charge in [-0.25, -0.2) is 8.42 Å². The zero-order valence-corrected chi connectivity index (χ0v) is 12.8. The minimum absolute atomic E-state index is 0.132. The number of hydrogen-bond donors (Lipinski definition) is 2. The molecule has 1 atom stereocenters. The molecule has 1 aliphatic rings. The lowest BCUT2D eigenvalue weighted by Crippen LogP contribution is -2.48. The summed E-state index contributed by atoms with van der Waals surface area (Å²) in [5.74, 6) is 0. The largest absolute Gasteiger partial charge is 0.399 e. The summed E-state index contributed by atoms with van der Waals surface area (Å²) in [4.78, 5) is 0.262. The Bertz CT molecular complexity index is 596. The number of hydrogen-bond acceptors (Lipinski definition) is 4. The van der Waals surface area contributed by atoms with Crippen LogP contribution in [0.3, 0.4) is 0 Å². The number of sulfonamides is 1. The van der Waals surface area contributed by atoms with Gasteiger partial charge in [0.15, 0.2) is 0 Å². The number of nitrogens with two attached hydrogens (primary N) is 1. The second kappa shape index (κ2) is 5.35. The van der Waals surface area contributed by atoms with Crippen LogP contribution >= 0.6 is 0 Å². The molecule has 3 N–H and O–H groups in total. The SMILES string of the molecule is CCc1ccc(N)cc1S(=O)(=O)N1CCCC(C)(O)C1. The summed E-state index contributed by atoms with van der Waals surface area (Å²) in [5, 5.41) is 10.1. The van der Waals surface area contributed by atoms with Gasteiger partial charge in [0.05, 0.1) is 10.5 Å². The van der Waals surface area contributed by atoms with Gasteiger partial charge in [-0.2, -0.15) is 4.31 Å². The van der Waals surface area contributed by atoms with E-state index in [4.69, 9.17) is 5.73 Å². The highest BCUT2D eigenvalue weighted by atomic mass is 32.2. The Balaban J connectivity index is 2.42. The van der Waals surface area contributed by atoms with Crippen LogP contribution in [0.5, 0.6) is 0 Å². The predicted molar refractivity (Wildman–Crippen MR) is 78.8 cm³/mol. The number of nitrogens with zero attached hydrogens (tertiary/aromatic N) is 1. The third-order valence-corrected chi connectivity index (χ3v) is 5.66. The van der Waals surface area contributed by atoms with Crippen LogP contribution in [0.2, 0.25) is 0 Å². The molecular weight excluding hydrogens is 276 g/mol. The molecule has 1 aliphatic heterocycles. The van der Waals surface area contributed by atoms with Crippen LogP contribution in [0.1, 0.15) is 32.3 Å². The molecule has 0 aromatic heterocycles. The fourth-order valence-electron chi connectivity index (χ4n) is 2.62. The average Bonchev–Trinajstić information content (AvgIpc) is 2.37. The van der Waals surface area contributed by atoms with Gasteiger partial charge >= 0.3 is 0 Å². The maximum Gasteiger partial charge on any atom is 0.243 e. The van der Waals surface area contributed by atoms with Crippen molar-refractivity contribution in [3.8, 4) is 0 Å². The molecule has 1 heterocycles. The number of nitrogen functional groups attached to an aromatic ring is 1. The van der Waals surface area contributed by atoms with Crippen molar-refractivity contribution in [2.45, 2.75) is 43.6 Å². The number of anilines is 1. The lowest BCUT2D eigenvalue weighted by molar-refractivity contribution is 0.00939. The Morgan fingerprint density at radius 3 is 2.75 bits per heavy atom. The van der Waals surface area contributed by atoms with E-state index in [2.05, 4.69) is 0 Å². The highest BCUT2D eigenvalue weighted by molar-refractivity contribution is 7.89. The molecule has 5 nitrogen and oxygen atoms in total. The summed E-state index contributed by atoms with van der Waals surface area (Å²) in [6.07, 6.45) is 1.91. The van der Waals surface area contributed by atoms with Gasteiger partial charge in [0.25, 0.3) is 0 Å². The molecular formula is C14H22N2O3S. The van der Waals surface area contributed by atoms with E-state index in [1.54, 1.807) is 19.1 Å². The van der Waals surface area contributed by atoms with Crippen molar-refractivity contribution in [3.63, 3.8) is 0 Å². The molecule has 0 saturated carbocycles. The van der Waals surface area contributed by atoms with Crippen molar-refractivity contribution in [1.82, 2.24) is 4.31 Å². The monoisotopic (exact) mass is 298 g/mol. The second-order valence-corrected chi connectivity index (χ2v) is 7.57. The van der Waals surface area contributed by atoms with Crippen LogP contribution in [-0.4, -0.2) is 36.5 Å². The topological polar surface area (TPSA) is 83.6 Å². The Morgan fingerprint density at radius 2 is 2.15 bits per heavy atom. The van der Waals surface area contributed by atoms with Crippen molar-refractivity contribution in [1.29, 1.82) is 0 Å². The minimum atomic E-state index is -3.60. The highest BCUT2D eigenvalue weighted by Crippen LogP contribution is 2.28. The summed E-state index contributed by atoms with van der Waals surface area (Å²) < 4.78 is 26.9. The van der Waals surface area contributed by atoms with Gasteiger partial charge in [-0.05, 0) is 43.9 Å². The van der Waals surface area contributed by atoms with Crippen LogP contribution in [0.15, 0.2) is 23.1 Å². The van der Waals surface area contributed by atoms with Crippen LogP contribution in [0.25, 0.3) is 0 Å². The van der Waals surface area contributed by atoms with Crippen LogP contribution in [0.4, 0.5) is 5.69 Å². The summed E-state index contributed by atoms with van der Waals surface area (Å²) in [6, 6.07) is 4.98. The Hall–Kier alpha value is -1.11. The molecule has 6 heteroatoms. The first-order valence-corrected chi connectivity index (χ1v) is 8.31. The van der Waals surface area contributed by atoms with Crippen molar-refractivity contribution in [2.24, 2.45) is 0 Å². The van der Waals surface area contributed by atoms with Crippen molar-refractivity contribution < 1.29 is 13.5 Å². The van der Waals surface area contributed by atoms with Crippen LogP contribution < -0.4 is 5.73 Å². The molecule has 1 saturated heterocycles. The molecule has 0 bridgehead atoms. The summed E-state index contributed by atoms with van der Waals surface area (Å²) >= 11 is 0. The van der Waals surface area contributed by atoms with Crippen LogP contribution in [0, 0.1) is 0 Å². The summed E-state index contributed by atoms with van der Waals surface area (Å²) in [7, 11) is -3.60. The first-order valence-electron chi connectivity index (χ1n) is 6.87. The fourth-order valence-corrected chi connectivity index (χ4v) is 4.55. The van der Waals surface area contributed by atoms with E-state index in [1.165, 1.54) is 10.4 Å². The Kier molecular flexibility index (Phi) is 4.09. The number of piperidine rings is 1. The number of β-amino-alcohol motifs (C(OH)–C–C–N with tert-alkyl or cyclic N) is 1. The van der Waals surface area contributed by atoms with Gasteiger partial charge < -0.3 is 10.8 Å². The van der Waals surface area contributed by atoms with E-state index in [9.17, 15) is 13.5 Å². The Labute approximate surface area is 120 Å². The smallest absolute Gasteiger partial charge is 0.243 e. The standard InChI is InChI=1S/C14H22N2O3S/c1-3-11-5-6-12(15)9-13(11)20(18,19)16-8-4-7-14(2,17)10-16/h5-6,9,17H,3-4,7-8,10,15H2,1-2H3. The second-order valence-electron chi connectivity index (χ2n) is 5.66. The first-order chi connectivity index (χ1) is 9.26. The molecule has 1 unspecified atom stereocenters. The summed E-state index contributed by atoms with van der Waals surface area (Å²) in [6.45, 7) is 4.16. The molecule has 0 amide bonds. The normalized spacial score (nSPS) is 24.8. The van der Waals surface area contributed by atoms with Gasteiger partial charge in [0.2, 0.25) is 10.0 Å². The Morgan fingerprint density at radius 1 is 1.45 bits per heavy atom. The van der Waals surface area contributed by atoms with E-state index >= 15 is 0 Å². The van der Waals surface area contributed by atoms with Crippen molar-refractivity contribution in [3.05, 3.63) is 23.8 Å². The maximum absolute atomic E-state index is 12.8. The highest BCUT2D eigenvalue weighted by Gasteiger charge is 2.36. The van der Waals surface area contributed by atoms with E-state index < -0.39 is 15.6 Å². The zero-order chi connectivity index (χ0) is 15.0. The van der Waals surface area contributed by atoms with E-state index in [0.29, 0.717) is 31.5 Å². The molecule has 20 heavy (non-hydrogen) atoms. The number of rotatable bonds is 3. The lowest BCUT2D eigenvalue weighted by atomic mass is 9.97. The van der Waals surface area contributed by atoms with Gasteiger partial charge in [-0.15, -0.1) is 0 Å². The molecule has 112 valence electrons. The average molecular weight is 298 g/mol. The van der Waals surface area contributed by atoms with Gasteiger partial charge in [-0.1, -0.05) is 13.0 Å². The molecule has 1 aromatic carbocycles. The minimum Gasteiger partial charge on any atom is -0.399 e. The number of benzene rings is 1. The van der Waals surface area contributed by atoms with Crippen molar-refractivity contribution in [2.75, 3.05) is 18.8 Å². The van der Waals surface area contributed by atoms with Crippen LogP contribution in [-0.2, 0) is 16.4 Å². The molecule has 1 fully saturated rings. The third kappa shape index (κ3) is 2.97. The first kappa shape index (κ1) is 15.3. The number of aryl methyl sites for hydroxylation is 1. The van der Waals surface area contributed by atoms with Gasteiger partial charge in [0, 0.05) is 18.8 Å². The molecule has 0 radical (unpaired) electrons. The molecule has 1 aromatic rings. The van der Waals surface area contributed by atoms with Gasteiger partial charge in [-0.3, -0.25) is 0 Å². The molecule has 2 rings (SSSR count). The molecule has 0 aliphatic carbocycles. The van der Waals surface area contributed by atoms with E-state index in [1.807, 2.05) is 6.92 Å². The van der Waals surface area contributed by atoms with E-state index in [-0.39, 0.29) is 11.4 Å². The number of aliphatic hydroxyl groups is 1. The summed E-state index contributed by atoms with van der Waals surface area (Å²) in [5.41, 5.74) is 5.96. The zero-order valence-electron chi connectivity index (χ0n) is 12.0. The van der Waals surface area contributed by atoms with Gasteiger partial charge in [0.1, 0.15) is 0 Å². The quantitative estimate of drug-likeness (QED) is 0.826. The predicted octanol–water partition coefficient (Wildman–Crippen LogP) is 1.37. The lowest BCUT2D eigenvalue weighted by Gasteiger charge is -2.36. The molecule has 0 spiro atoms. The van der Waals surface area contributed by atoms with E-state index in [0.717, 1.165) is 5.56 Å². The fraction of sp³-hybridized carbons (Fsp3) is 0.571.